The third-order valence-electron chi connectivity index (χ3n) is 4.26. The van der Waals surface area contributed by atoms with Crippen molar-refractivity contribution in [3.8, 4) is 0 Å². The van der Waals surface area contributed by atoms with E-state index in [2.05, 4.69) is 15.9 Å². The average Bonchev–Trinajstić information content (AvgIpc) is 2.57. The number of sulfonamides is 1. The lowest BCUT2D eigenvalue weighted by Gasteiger charge is -2.31. The van der Waals surface area contributed by atoms with Gasteiger partial charge in [0.2, 0.25) is 10.0 Å². The Morgan fingerprint density at radius 1 is 1.08 bits per heavy atom. The molecule has 2 aromatic rings. The van der Waals surface area contributed by atoms with Crippen LogP contribution < -0.4 is 4.90 Å². The summed E-state index contributed by atoms with van der Waals surface area (Å²) >= 11 is 3.31. The van der Waals surface area contributed by atoms with Crippen LogP contribution in [0.15, 0.2) is 57.9 Å². The molecule has 1 N–H and O–H groups in total. The van der Waals surface area contributed by atoms with Gasteiger partial charge in [-0.05, 0) is 24.3 Å². The lowest BCUT2D eigenvalue weighted by Crippen LogP contribution is -3.13. The molecular weight excluding hydrogens is 395 g/mol. The van der Waals surface area contributed by atoms with E-state index in [-0.39, 0.29) is 5.82 Å². The first-order chi connectivity index (χ1) is 11.5. The molecule has 0 radical (unpaired) electrons. The van der Waals surface area contributed by atoms with Gasteiger partial charge in [-0.2, -0.15) is 4.31 Å². The summed E-state index contributed by atoms with van der Waals surface area (Å²) in [7, 11) is -3.47. The Kier molecular flexibility index (Phi) is 5.34. The van der Waals surface area contributed by atoms with Gasteiger partial charge in [0.25, 0.3) is 0 Å². The monoisotopic (exact) mass is 413 g/mol. The Morgan fingerprint density at radius 2 is 1.79 bits per heavy atom. The van der Waals surface area contributed by atoms with Gasteiger partial charge < -0.3 is 4.90 Å². The van der Waals surface area contributed by atoms with Gasteiger partial charge in [0.05, 0.1) is 31.1 Å². The minimum Gasteiger partial charge on any atom is -0.329 e. The molecule has 0 bridgehead atoms. The molecule has 0 unspecified atom stereocenters. The third kappa shape index (κ3) is 3.85. The summed E-state index contributed by atoms with van der Waals surface area (Å²) in [5.41, 5.74) is 0.677. The Hall–Kier alpha value is -1.28. The van der Waals surface area contributed by atoms with Crippen molar-refractivity contribution in [2.45, 2.75) is 11.4 Å². The van der Waals surface area contributed by atoms with Gasteiger partial charge >= 0.3 is 0 Å². The number of halogens is 2. The number of benzene rings is 2. The predicted molar refractivity (Wildman–Crippen MR) is 93.7 cm³/mol. The van der Waals surface area contributed by atoms with Crippen LogP contribution in [0.4, 0.5) is 4.39 Å². The van der Waals surface area contributed by atoms with Crippen molar-refractivity contribution in [1.29, 1.82) is 0 Å². The van der Waals surface area contributed by atoms with E-state index in [1.165, 1.54) is 15.3 Å². The van der Waals surface area contributed by atoms with Crippen LogP contribution in [0.3, 0.4) is 0 Å². The Labute approximate surface area is 150 Å². The molecule has 0 spiro atoms. The Morgan fingerprint density at radius 3 is 2.46 bits per heavy atom. The van der Waals surface area contributed by atoms with E-state index in [1.807, 2.05) is 6.07 Å². The normalized spacial score (nSPS) is 17.1. The first-order valence-corrected chi connectivity index (χ1v) is 10.0. The summed E-state index contributed by atoms with van der Waals surface area (Å²) in [6, 6.07) is 13.5. The van der Waals surface area contributed by atoms with Gasteiger partial charge in [-0.25, -0.2) is 12.8 Å². The van der Waals surface area contributed by atoms with Gasteiger partial charge in [-0.3, -0.25) is 0 Å². The van der Waals surface area contributed by atoms with E-state index in [1.54, 1.807) is 36.4 Å². The lowest BCUT2D eigenvalue weighted by molar-refractivity contribution is -0.917. The highest BCUT2D eigenvalue weighted by atomic mass is 79.9. The number of nitrogens with one attached hydrogen (secondary N) is 1. The van der Waals surface area contributed by atoms with Crippen molar-refractivity contribution in [1.82, 2.24) is 4.31 Å². The molecule has 24 heavy (non-hydrogen) atoms. The van der Waals surface area contributed by atoms with E-state index >= 15 is 0 Å². The van der Waals surface area contributed by atoms with Crippen LogP contribution in [0.2, 0.25) is 0 Å². The van der Waals surface area contributed by atoms with Crippen LogP contribution in [0.5, 0.6) is 0 Å². The van der Waals surface area contributed by atoms with Crippen LogP contribution in [-0.4, -0.2) is 38.9 Å². The second kappa shape index (κ2) is 7.31. The zero-order valence-electron chi connectivity index (χ0n) is 13.1. The maximum absolute atomic E-state index is 13.7. The van der Waals surface area contributed by atoms with Gasteiger partial charge in [0, 0.05) is 10.0 Å². The molecule has 1 fully saturated rings. The number of piperazine rings is 1. The molecule has 1 aliphatic rings. The average molecular weight is 414 g/mol. The van der Waals surface area contributed by atoms with Crippen molar-refractivity contribution in [3.05, 3.63) is 64.4 Å². The molecule has 1 heterocycles. The molecule has 2 aromatic carbocycles. The third-order valence-corrected chi connectivity index (χ3v) is 6.65. The summed E-state index contributed by atoms with van der Waals surface area (Å²) in [5, 5.41) is 0. The summed E-state index contributed by atoms with van der Waals surface area (Å²) in [6.45, 7) is 2.80. The molecule has 0 saturated carbocycles. The molecule has 1 aliphatic heterocycles. The first-order valence-electron chi connectivity index (χ1n) is 7.79. The van der Waals surface area contributed by atoms with Crippen LogP contribution in [-0.2, 0) is 16.6 Å². The number of hydrogen-bond acceptors (Lipinski definition) is 2. The van der Waals surface area contributed by atoms with Gasteiger partial charge in [-0.1, -0.05) is 40.2 Å². The van der Waals surface area contributed by atoms with E-state index in [4.69, 9.17) is 0 Å². The highest BCUT2D eigenvalue weighted by Gasteiger charge is 2.30. The van der Waals surface area contributed by atoms with Crippen molar-refractivity contribution in [3.63, 3.8) is 0 Å². The quantitative estimate of drug-likeness (QED) is 0.828. The minimum atomic E-state index is -3.47. The Balaban J connectivity index is 1.65. The number of rotatable bonds is 4. The van der Waals surface area contributed by atoms with Crippen molar-refractivity contribution in [2.24, 2.45) is 0 Å². The summed E-state index contributed by atoms with van der Waals surface area (Å²) in [4.78, 5) is 1.50. The first kappa shape index (κ1) is 17.5. The van der Waals surface area contributed by atoms with Crippen LogP contribution in [0.1, 0.15) is 5.56 Å². The van der Waals surface area contributed by atoms with Crippen molar-refractivity contribution in [2.75, 3.05) is 26.2 Å². The maximum atomic E-state index is 13.7. The van der Waals surface area contributed by atoms with Crippen molar-refractivity contribution >= 4 is 26.0 Å². The largest absolute Gasteiger partial charge is 0.329 e. The molecule has 0 aliphatic carbocycles. The van der Waals surface area contributed by atoms with Crippen LogP contribution >= 0.6 is 15.9 Å². The fourth-order valence-electron chi connectivity index (χ4n) is 2.91. The number of quaternary nitrogens is 1. The molecule has 0 amide bonds. The van der Waals surface area contributed by atoms with Gasteiger partial charge in [-0.15, -0.1) is 0 Å². The highest BCUT2D eigenvalue weighted by molar-refractivity contribution is 9.10. The second-order valence-electron chi connectivity index (χ2n) is 5.88. The van der Waals surface area contributed by atoms with Gasteiger partial charge in [0.15, 0.2) is 0 Å². The molecule has 0 atom stereocenters. The van der Waals surface area contributed by atoms with Crippen molar-refractivity contribution < 1.29 is 17.7 Å². The summed E-state index contributed by atoms with van der Waals surface area (Å²) < 4.78 is 41.4. The van der Waals surface area contributed by atoms with E-state index < -0.39 is 10.0 Å². The summed E-state index contributed by atoms with van der Waals surface area (Å²) in [6.07, 6.45) is 0. The molecular formula is C17H19BrFN2O2S+. The maximum Gasteiger partial charge on any atom is 0.243 e. The number of hydrogen-bond donors (Lipinski definition) is 1. The molecule has 128 valence electrons. The molecule has 0 aromatic heterocycles. The topological polar surface area (TPSA) is 41.8 Å². The minimum absolute atomic E-state index is 0.200. The SMILES string of the molecule is O=S(=O)(c1cccc(Br)c1)N1CC[NH+](Cc2ccccc2F)CC1. The molecule has 3 rings (SSSR count). The second-order valence-corrected chi connectivity index (χ2v) is 8.73. The zero-order chi connectivity index (χ0) is 17.2. The standard InChI is InChI=1S/C17H18BrFN2O2S/c18-15-5-3-6-16(12-15)24(22,23)21-10-8-20(9-11-21)13-14-4-1-2-7-17(14)19/h1-7,12H,8-11,13H2/p+1. The predicted octanol–water partition coefficient (Wildman–Crippen LogP) is 1.68. The fourth-order valence-corrected chi connectivity index (χ4v) is 4.95. The fraction of sp³-hybridized carbons (Fsp3) is 0.294. The van der Waals surface area contributed by atoms with Gasteiger partial charge in [0.1, 0.15) is 12.4 Å². The lowest BCUT2D eigenvalue weighted by atomic mass is 10.2. The van der Waals surface area contributed by atoms with E-state index in [9.17, 15) is 12.8 Å². The summed E-state index contributed by atoms with van der Waals surface area (Å²) in [5.74, 6) is -0.200. The van der Waals surface area contributed by atoms with Crippen LogP contribution in [0, 0.1) is 5.82 Å². The Bertz CT molecular complexity index is 821. The van der Waals surface area contributed by atoms with E-state index in [0.717, 1.165) is 4.47 Å². The highest BCUT2D eigenvalue weighted by Crippen LogP contribution is 2.20. The zero-order valence-corrected chi connectivity index (χ0v) is 15.5. The molecule has 1 saturated heterocycles. The molecule has 7 heteroatoms. The smallest absolute Gasteiger partial charge is 0.243 e. The number of nitrogens with zero attached hydrogens (tertiary/aromatic N) is 1. The van der Waals surface area contributed by atoms with Crippen LogP contribution in [0.25, 0.3) is 0 Å². The molecule has 4 nitrogen and oxygen atoms in total. The van der Waals surface area contributed by atoms with E-state index in [0.29, 0.717) is 43.2 Å².